The fourth-order valence-electron chi connectivity index (χ4n) is 3.09. The van der Waals surface area contributed by atoms with Crippen molar-refractivity contribution in [1.29, 1.82) is 0 Å². The lowest BCUT2D eigenvalue weighted by Crippen LogP contribution is -2.34. The predicted molar refractivity (Wildman–Crippen MR) is 76.9 cm³/mol. The first kappa shape index (κ1) is 15.8. The molecule has 1 aromatic heterocycles. The van der Waals surface area contributed by atoms with Crippen LogP contribution in [0.2, 0.25) is 0 Å². The van der Waals surface area contributed by atoms with Crippen molar-refractivity contribution in [2.45, 2.75) is 51.2 Å². The molecule has 20 heavy (non-hydrogen) atoms. The zero-order valence-corrected chi connectivity index (χ0v) is 12.6. The number of halogens is 3. The third kappa shape index (κ3) is 3.98. The van der Waals surface area contributed by atoms with E-state index in [1.54, 1.807) is 11.3 Å². The standard InChI is InChI=1S/C15H22F3NS/c1-2-8-19-14(12-7-9-20-10-12)11-3-5-13(6-4-11)15(16,17)18/h7,9-11,13-14,19H,2-6,8H2,1H3. The smallest absolute Gasteiger partial charge is 0.310 e. The molecule has 114 valence electrons. The Kier molecular flexibility index (Phi) is 5.49. The fraction of sp³-hybridized carbons (Fsp3) is 0.733. The molecular formula is C15H22F3NS. The molecule has 1 unspecified atom stereocenters. The maximum absolute atomic E-state index is 12.7. The zero-order chi connectivity index (χ0) is 14.6. The Morgan fingerprint density at radius 2 is 2.00 bits per heavy atom. The SMILES string of the molecule is CCCNC(c1ccsc1)C1CCC(C(F)(F)F)CC1. The first-order chi connectivity index (χ1) is 9.52. The van der Waals surface area contributed by atoms with Crippen LogP contribution >= 0.6 is 11.3 Å². The maximum Gasteiger partial charge on any atom is 0.391 e. The monoisotopic (exact) mass is 305 g/mol. The summed E-state index contributed by atoms with van der Waals surface area (Å²) < 4.78 is 38.2. The van der Waals surface area contributed by atoms with Crippen molar-refractivity contribution in [2.24, 2.45) is 11.8 Å². The van der Waals surface area contributed by atoms with Gasteiger partial charge in [0.15, 0.2) is 0 Å². The van der Waals surface area contributed by atoms with Gasteiger partial charge in [-0.05, 0) is 67.0 Å². The van der Waals surface area contributed by atoms with Gasteiger partial charge in [-0.25, -0.2) is 0 Å². The first-order valence-corrected chi connectivity index (χ1v) is 8.28. The quantitative estimate of drug-likeness (QED) is 0.792. The summed E-state index contributed by atoms with van der Waals surface area (Å²) in [7, 11) is 0. The van der Waals surface area contributed by atoms with Crippen molar-refractivity contribution in [1.82, 2.24) is 5.32 Å². The van der Waals surface area contributed by atoms with Gasteiger partial charge in [-0.1, -0.05) is 6.92 Å². The van der Waals surface area contributed by atoms with Crippen LogP contribution in [0.1, 0.15) is 50.6 Å². The van der Waals surface area contributed by atoms with E-state index in [2.05, 4.69) is 23.7 Å². The summed E-state index contributed by atoms with van der Waals surface area (Å²) in [6, 6.07) is 2.31. The molecule has 0 spiro atoms. The van der Waals surface area contributed by atoms with Gasteiger partial charge in [0.05, 0.1) is 5.92 Å². The van der Waals surface area contributed by atoms with E-state index in [0.29, 0.717) is 18.8 Å². The lowest BCUT2D eigenvalue weighted by atomic mass is 9.77. The van der Waals surface area contributed by atoms with Gasteiger partial charge in [-0.15, -0.1) is 0 Å². The molecular weight excluding hydrogens is 283 g/mol. The van der Waals surface area contributed by atoms with Crippen molar-refractivity contribution in [2.75, 3.05) is 6.54 Å². The highest BCUT2D eigenvalue weighted by Crippen LogP contribution is 2.43. The van der Waals surface area contributed by atoms with Gasteiger partial charge in [0.1, 0.15) is 0 Å². The second-order valence-electron chi connectivity index (χ2n) is 5.64. The molecule has 0 aromatic carbocycles. The summed E-state index contributed by atoms with van der Waals surface area (Å²) in [5.41, 5.74) is 1.24. The summed E-state index contributed by atoms with van der Waals surface area (Å²) in [5, 5.41) is 7.67. The third-order valence-electron chi connectivity index (χ3n) is 4.22. The Hall–Kier alpha value is -0.550. The number of hydrogen-bond acceptors (Lipinski definition) is 2. The van der Waals surface area contributed by atoms with Crippen LogP contribution in [0.4, 0.5) is 13.2 Å². The van der Waals surface area contributed by atoms with E-state index in [0.717, 1.165) is 13.0 Å². The number of alkyl halides is 3. The van der Waals surface area contributed by atoms with Crippen molar-refractivity contribution in [3.63, 3.8) is 0 Å². The molecule has 1 nitrogen and oxygen atoms in total. The van der Waals surface area contributed by atoms with Crippen LogP contribution in [0.25, 0.3) is 0 Å². The fourth-order valence-corrected chi connectivity index (χ4v) is 3.78. The molecule has 2 rings (SSSR count). The Morgan fingerprint density at radius 1 is 1.30 bits per heavy atom. The number of thiophene rings is 1. The average molecular weight is 305 g/mol. The third-order valence-corrected chi connectivity index (χ3v) is 4.92. The van der Waals surface area contributed by atoms with Crippen molar-refractivity contribution in [3.05, 3.63) is 22.4 Å². The molecule has 0 radical (unpaired) electrons. The first-order valence-electron chi connectivity index (χ1n) is 7.34. The molecule has 1 aromatic rings. The molecule has 1 fully saturated rings. The number of rotatable bonds is 5. The minimum atomic E-state index is -4.01. The molecule has 1 atom stereocenters. The lowest BCUT2D eigenvalue weighted by molar-refractivity contribution is -0.184. The molecule has 1 saturated carbocycles. The van der Waals surface area contributed by atoms with Crippen molar-refractivity contribution >= 4 is 11.3 Å². The second-order valence-corrected chi connectivity index (χ2v) is 6.42. The Labute approximate surface area is 122 Å². The summed E-state index contributed by atoms with van der Waals surface area (Å²) in [6.45, 7) is 3.03. The molecule has 5 heteroatoms. The van der Waals surface area contributed by atoms with Crippen LogP contribution in [0.5, 0.6) is 0 Å². The van der Waals surface area contributed by atoms with Gasteiger partial charge in [0.2, 0.25) is 0 Å². The summed E-state index contributed by atoms with van der Waals surface area (Å²) in [6.07, 6.45) is -1.08. The van der Waals surface area contributed by atoms with E-state index in [-0.39, 0.29) is 18.9 Å². The van der Waals surface area contributed by atoms with Gasteiger partial charge in [-0.3, -0.25) is 0 Å². The highest BCUT2D eigenvalue weighted by molar-refractivity contribution is 7.07. The Balaban J connectivity index is 1.98. The summed E-state index contributed by atoms with van der Waals surface area (Å²) >= 11 is 1.65. The van der Waals surface area contributed by atoms with Gasteiger partial charge in [-0.2, -0.15) is 24.5 Å². The lowest BCUT2D eigenvalue weighted by Gasteiger charge is -2.35. The van der Waals surface area contributed by atoms with E-state index >= 15 is 0 Å². The second kappa shape index (κ2) is 6.94. The molecule has 1 aliphatic carbocycles. The van der Waals surface area contributed by atoms with Crippen LogP contribution in [0.3, 0.4) is 0 Å². The molecule has 1 aliphatic rings. The zero-order valence-electron chi connectivity index (χ0n) is 11.7. The molecule has 0 saturated heterocycles. The summed E-state index contributed by atoms with van der Waals surface area (Å²) in [5.74, 6) is -0.761. The predicted octanol–water partition coefficient (Wildman–Crippen LogP) is 5.16. The molecule has 0 amide bonds. The Morgan fingerprint density at radius 3 is 2.50 bits per heavy atom. The van der Waals surface area contributed by atoms with E-state index in [9.17, 15) is 13.2 Å². The van der Waals surface area contributed by atoms with Crippen molar-refractivity contribution in [3.8, 4) is 0 Å². The van der Waals surface area contributed by atoms with Crippen LogP contribution in [-0.4, -0.2) is 12.7 Å². The number of hydrogen-bond donors (Lipinski definition) is 1. The molecule has 0 aliphatic heterocycles. The normalized spacial score (nSPS) is 25.6. The van der Waals surface area contributed by atoms with Crippen LogP contribution in [-0.2, 0) is 0 Å². The van der Waals surface area contributed by atoms with Gasteiger partial charge < -0.3 is 5.32 Å². The minimum Gasteiger partial charge on any atom is -0.310 e. The van der Waals surface area contributed by atoms with E-state index in [1.165, 1.54) is 5.56 Å². The van der Waals surface area contributed by atoms with Gasteiger partial charge in [0, 0.05) is 6.04 Å². The van der Waals surface area contributed by atoms with Crippen LogP contribution < -0.4 is 5.32 Å². The topological polar surface area (TPSA) is 12.0 Å². The average Bonchev–Trinajstić information content (AvgIpc) is 2.93. The van der Waals surface area contributed by atoms with E-state index in [4.69, 9.17) is 0 Å². The Bertz CT molecular complexity index is 380. The maximum atomic E-state index is 12.7. The highest BCUT2D eigenvalue weighted by Gasteiger charge is 2.42. The largest absolute Gasteiger partial charge is 0.391 e. The van der Waals surface area contributed by atoms with E-state index in [1.807, 2.05) is 5.38 Å². The van der Waals surface area contributed by atoms with Crippen molar-refractivity contribution < 1.29 is 13.2 Å². The number of nitrogens with one attached hydrogen (secondary N) is 1. The highest BCUT2D eigenvalue weighted by atomic mass is 32.1. The minimum absolute atomic E-state index is 0.218. The van der Waals surface area contributed by atoms with Crippen LogP contribution in [0, 0.1) is 11.8 Å². The van der Waals surface area contributed by atoms with Gasteiger partial charge >= 0.3 is 6.18 Å². The van der Waals surface area contributed by atoms with E-state index < -0.39 is 12.1 Å². The van der Waals surface area contributed by atoms with Gasteiger partial charge in [0.25, 0.3) is 0 Å². The molecule has 0 bridgehead atoms. The summed E-state index contributed by atoms with van der Waals surface area (Å²) in [4.78, 5) is 0. The van der Waals surface area contributed by atoms with Crippen LogP contribution in [0.15, 0.2) is 16.8 Å². The molecule has 1 N–H and O–H groups in total. The molecule has 1 heterocycles.